The first-order valence-electron chi connectivity index (χ1n) is 9.79. The zero-order valence-corrected chi connectivity index (χ0v) is 17.6. The van der Waals surface area contributed by atoms with Gasteiger partial charge in [-0.25, -0.2) is 22.0 Å². The maximum atomic E-state index is 13.3. The van der Waals surface area contributed by atoms with Crippen LogP contribution in [0.2, 0.25) is 0 Å². The first kappa shape index (κ1) is 22.2. The number of carbonyl (C=O) groups excluding carboxylic acids is 1. The van der Waals surface area contributed by atoms with E-state index in [1.807, 2.05) is 0 Å². The van der Waals surface area contributed by atoms with E-state index in [-0.39, 0.29) is 24.0 Å². The molecule has 1 heterocycles. The van der Waals surface area contributed by atoms with Crippen LogP contribution in [0.3, 0.4) is 0 Å². The molecule has 0 bridgehead atoms. The van der Waals surface area contributed by atoms with Gasteiger partial charge in [-0.15, -0.1) is 0 Å². The summed E-state index contributed by atoms with van der Waals surface area (Å²) >= 11 is 0. The molecule has 1 N–H and O–H groups in total. The van der Waals surface area contributed by atoms with Gasteiger partial charge in [-0.2, -0.15) is 4.31 Å². The van der Waals surface area contributed by atoms with Gasteiger partial charge in [0, 0.05) is 33.2 Å². The highest BCUT2D eigenvalue weighted by molar-refractivity contribution is 7.89. The summed E-state index contributed by atoms with van der Waals surface area (Å²) in [7, 11) is -1.94. The van der Waals surface area contributed by atoms with E-state index in [4.69, 9.17) is 0 Å². The third-order valence-electron chi connectivity index (χ3n) is 5.07. The SMILES string of the molecule is CN(Cc1ccc(F)c(F)c1)C(=O)NCc1ccc(S(=O)(=O)N2CCCCC2)cc1. The van der Waals surface area contributed by atoms with E-state index in [0.29, 0.717) is 18.7 Å². The fourth-order valence-electron chi connectivity index (χ4n) is 3.33. The summed E-state index contributed by atoms with van der Waals surface area (Å²) < 4.78 is 53.2. The van der Waals surface area contributed by atoms with Gasteiger partial charge in [-0.3, -0.25) is 0 Å². The van der Waals surface area contributed by atoms with Crippen molar-refractivity contribution in [2.24, 2.45) is 0 Å². The fourth-order valence-corrected chi connectivity index (χ4v) is 4.85. The van der Waals surface area contributed by atoms with Crippen LogP contribution in [0, 0.1) is 11.6 Å². The van der Waals surface area contributed by atoms with Crippen molar-refractivity contribution in [1.29, 1.82) is 0 Å². The average Bonchev–Trinajstić information content (AvgIpc) is 2.75. The predicted octanol–water partition coefficient (Wildman–Crippen LogP) is 3.48. The Labute approximate surface area is 175 Å². The summed E-state index contributed by atoms with van der Waals surface area (Å²) in [5.74, 6) is -1.89. The number of hydrogen-bond acceptors (Lipinski definition) is 3. The van der Waals surface area contributed by atoms with Gasteiger partial charge in [-0.05, 0) is 48.2 Å². The van der Waals surface area contributed by atoms with Crippen LogP contribution < -0.4 is 5.32 Å². The van der Waals surface area contributed by atoms with Crippen LogP contribution >= 0.6 is 0 Å². The van der Waals surface area contributed by atoms with Gasteiger partial charge < -0.3 is 10.2 Å². The summed E-state index contributed by atoms with van der Waals surface area (Å²) in [6.07, 6.45) is 2.80. The standard InChI is InChI=1S/C21H25F2N3O3S/c1-25(15-17-7-10-19(22)20(23)13-17)21(27)24-14-16-5-8-18(9-6-16)30(28,29)26-11-3-2-4-12-26/h5-10,13H,2-4,11-12,14-15H2,1H3,(H,24,27). The molecule has 0 atom stereocenters. The second-order valence-electron chi connectivity index (χ2n) is 7.37. The third kappa shape index (κ3) is 5.34. The van der Waals surface area contributed by atoms with Gasteiger partial charge in [0.25, 0.3) is 0 Å². The molecular weight excluding hydrogens is 412 g/mol. The van der Waals surface area contributed by atoms with E-state index in [0.717, 1.165) is 37.0 Å². The molecule has 6 nitrogen and oxygen atoms in total. The molecular formula is C21H25F2N3O3S. The number of halogens is 2. The van der Waals surface area contributed by atoms with Gasteiger partial charge in [0.1, 0.15) is 0 Å². The third-order valence-corrected chi connectivity index (χ3v) is 6.98. The maximum absolute atomic E-state index is 13.3. The molecule has 0 unspecified atom stereocenters. The minimum Gasteiger partial charge on any atom is -0.334 e. The van der Waals surface area contributed by atoms with Gasteiger partial charge in [0.05, 0.1) is 4.90 Å². The molecule has 9 heteroatoms. The molecule has 2 aromatic rings. The lowest BCUT2D eigenvalue weighted by Gasteiger charge is -2.25. The van der Waals surface area contributed by atoms with Gasteiger partial charge in [0.15, 0.2) is 11.6 Å². The molecule has 1 aliphatic rings. The van der Waals surface area contributed by atoms with Gasteiger partial charge in [0.2, 0.25) is 10.0 Å². The number of nitrogens with zero attached hydrogens (tertiary/aromatic N) is 2. The van der Waals surface area contributed by atoms with Crippen molar-refractivity contribution in [1.82, 2.24) is 14.5 Å². The minimum atomic E-state index is -3.48. The second kappa shape index (κ2) is 9.53. The van der Waals surface area contributed by atoms with Crippen molar-refractivity contribution < 1.29 is 22.0 Å². The summed E-state index contributed by atoms with van der Waals surface area (Å²) in [6, 6.07) is 9.57. The molecule has 162 valence electrons. The highest BCUT2D eigenvalue weighted by Crippen LogP contribution is 2.21. The Bertz CT molecular complexity index is 991. The van der Waals surface area contributed by atoms with Crippen LogP contribution in [-0.2, 0) is 23.1 Å². The average molecular weight is 438 g/mol. The first-order valence-corrected chi connectivity index (χ1v) is 11.2. The van der Waals surface area contributed by atoms with E-state index in [2.05, 4.69) is 5.32 Å². The lowest BCUT2D eigenvalue weighted by Crippen LogP contribution is -2.36. The monoisotopic (exact) mass is 437 g/mol. The molecule has 0 radical (unpaired) electrons. The van der Waals surface area contributed by atoms with Crippen LogP contribution in [0.4, 0.5) is 13.6 Å². The topological polar surface area (TPSA) is 69.7 Å². The van der Waals surface area contributed by atoms with Crippen LogP contribution in [0.1, 0.15) is 30.4 Å². The predicted molar refractivity (Wildman–Crippen MR) is 109 cm³/mol. The molecule has 3 rings (SSSR count). The summed E-state index contributed by atoms with van der Waals surface area (Å²) in [5.41, 5.74) is 1.22. The Morgan fingerprint density at radius 3 is 2.27 bits per heavy atom. The molecule has 2 aromatic carbocycles. The number of benzene rings is 2. The zero-order chi connectivity index (χ0) is 21.7. The van der Waals surface area contributed by atoms with Crippen LogP contribution in [0.25, 0.3) is 0 Å². The fraction of sp³-hybridized carbons (Fsp3) is 0.381. The number of amides is 2. The zero-order valence-electron chi connectivity index (χ0n) is 16.8. The van der Waals surface area contributed by atoms with Crippen molar-refractivity contribution in [2.45, 2.75) is 37.2 Å². The Kier molecular flexibility index (Phi) is 7.04. The molecule has 0 aromatic heterocycles. The molecule has 30 heavy (non-hydrogen) atoms. The maximum Gasteiger partial charge on any atom is 0.317 e. The largest absolute Gasteiger partial charge is 0.334 e. The van der Waals surface area contributed by atoms with Crippen LogP contribution in [0.5, 0.6) is 0 Å². The van der Waals surface area contributed by atoms with E-state index < -0.39 is 21.7 Å². The number of carbonyl (C=O) groups is 1. The summed E-state index contributed by atoms with van der Waals surface area (Å²) in [5, 5.41) is 2.73. The van der Waals surface area contributed by atoms with Gasteiger partial charge in [-0.1, -0.05) is 24.6 Å². The number of rotatable bonds is 6. The van der Waals surface area contributed by atoms with Crippen molar-refractivity contribution in [2.75, 3.05) is 20.1 Å². The van der Waals surface area contributed by atoms with Crippen LogP contribution in [0.15, 0.2) is 47.4 Å². The smallest absolute Gasteiger partial charge is 0.317 e. The molecule has 1 saturated heterocycles. The molecule has 1 fully saturated rings. The van der Waals surface area contributed by atoms with E-state index in [1.54, 1.807) is 31.3 Å². The quantitative estimate of drug-likeness (QED) is 0.752. The van der Waals surface area contributed by atoms with E-state index in [9.17, 15) is 22.0 Å². The number of hydrogen-bond donors (Lipinski definition) is 1. The summed E-state index contributed by atoms with van der Waals surface area (Å²) in [6.45, 7) is 1.43. The van der Waals surface area contributed by atoms with Crippen LogP contribution in [-0.4, -0.2) is 43.8 Å². The lowest BCUT2D eigenvalue weighted by atomic mass is 10.2. The Morgan fingerprint density at radius 2 is 1.63 bits per heavy atom. The lowest BCUT2D eigenvalue weighted by molar-refractivity contribution is 0.206. The highest BCUT2D eigenvalue weighted by atomic mass is 32.2. The van der Waals surface area contributed by atoms with Crippen molar-refractivity contribution in [3.8, 4) is 0 Å². The Hall–Kier alpha value is -2.52. The number of piperidine rings is 1. The first-order chi connectivity index (χ1) is 14.3. The molecule has 0 saturated carbocycles. The van der Waals surface area contributed by atoms with Gasteiger partial charge >= 0.3 is 6.03 Å². The molecule has 2 amide bonds. The van der Waals surface area contributed by atoms with Crippen molar-refractivity contribution in [3.05, 3.63) is 65.2 Å². The van der Waals surface area contributed by atoms with E-state index >= 15 is 0 Å². The van der Waals surface area contributed by atoms with E-state index in [1.165, 1.54) is 15.3 Å². The second-order valence-corrected chi connectivity index (χ2v) is 9.31. The number of sulfonamides is 1. The molecule has 0 aliphatic carbocycles. The Balaban J connectivity index is 1.55. The minimum absolute atomic E-state index is 0.121. The van der Waals surface area contributed by atoms with Crippen molar-refractivity contribution >= 4 is 16.1 Å². The molecule has 0 spiro atoms. The van der Waals surface area contributed by atoms with Crippen molar-refractivity contribution in [3.63, 3.8) is 0 Å². The number of nitrogens with one attached hydrogen (secondary N) is 1. The molecule has 1 aliphatic heterocycles. The normalized spacial score (nSPS) is 15.0. The number of urea groups is 1. The Morgan fingerprint density at radius 1 is 1.00 bits per heavy atom. The summed E-state index contributed by atoms with van der Waals surface area (Å²) in [4.78, 5) is 13.8. The highest BCUT2D eigenvalue weighted by Gasteiger charge is 2.25.